The van der Waals surface area contributed by atoms with Gasteiger partial charge in [0.05, 0.1) is 11.8 Å². The Labute approximate surface area is 134 Å². The largest absolute Gasteiger partial charge is 0.416 e. The van der Waals surface area contributed by atoms with Gasteiger partial charge in [-0.05, 0) is 42.8 Å². The van der Waals surface area contributed by atoms with Crippen LogP contribution in [0.3, 0.4) is 0 Å². The fourth-order valence-electron chi connectivity index (χ4n) is 2.29. The van der Waals surface area contributed by atoms with E-state index < -0.39 is 11.7 Å². The number of rotatable bonds is 3. The first-order valence-corrected chi connectivity index (χ1v) is 7.36. The third-order valence-corrected chi connectivity index (χ3v) is 3.72. The number of benzene rings is 1. The van der Waals surface area contributed by atoms with Gasteiger partial charge in [-0.2, -0.15) is 28.0 Å². The van der Waals surface area contributed by atoms with E-state index in [0.29, 0.717) is 22.8 Å². The molecule has 122 valence electrons. The molecule has 9 heteroatoms. The number of nitrogens with zero attached hydrogens (tertiary/aromatic N) is 3. The van der Waals surface area contributed by atoms with Crippen molar-refractivity contribution < 1.29 is 17.9 Å². The van der Waals surface area contributed by atoms with E-state index >= 15 is 0 Å². The van der Waals surface area contributed by atoms with E-state index in [4.69, 9.17) is 17.0 Å². The summed E-state index contributed by atoms with van der Waals surface area (Å²) in [5, 5.41) is 11.0. The maximum Gasteiger partial charge on any atom is 0.416 e. The SMILES string of the molecule is FC(F)(F)c1ccc(/C=N\n2c([C@H]3CCCO3)n[nH]c2=S)cc1. The molecule has 0 bridgehead atoms. The van der Waals surface area contributed by atoms with Crippen LogP contribution < -0.4 is 0 Å². The molecule has 1 N–H and O–H groups in total. The zero-order valence-electron chi connectivity index (χ0n) is 11.9. The average Bonchev–Trinajstić information content (AvgIpc) is 3.14. The maximum absolute atomic E-state index is 12.5. The molecule has 0 saturated carbocycles. The molecule has 0 spiro atoms. The molecule has 2 heterocycles. The highest BCUT2D eigenvalue weighted by molar-refractivity contribution is 7.71. The van der Waals surface area contributed by atoms with Gasteiger partial charge in [0.15, 0.2) is 5.82 Å². The second kappa shape index (κ2) is 6.25. The van der Waals surface area contributed by atoms with Crippen LogP contribution >= 0.6 is 12.2 Å². The number of nitrogens with one attached hydrogen (secondary N) is 1. The van der Waals surface area contributed by atoms with Crippen LogP contribution in [-0.2, 0) is 10.9 Å². The van der Waals surface area contributed by atoms with E-state index in [1.807, 2.05) is 0 Å². The van der Waals surface area contributed by atoms with Gasteiger partial charge < -0.3 is 4.74 Å². The van der Waals surface area contributed by atoms with Crippen LogP contribution in [0, 0.1) is 4.77 Å². The zero-order chi connectivity index (χ0) is 16.4. The summed E-state index contributed by atoms with van der Waals surface area (Å²) in [6.07, 6.45) is -1.32. The van der Waals surface area contributed by atoms with Gasteiger partial charge >= 0.3 is 6.18 Å². The monoisotopic (exact) mass is 342 g/mol. The summed E-state index contributed by atoms with van der Waals surface area (Å²) in [4.78, 5) is 0. The molecule has 1 aromatic heterocycles. The molecule has 1 aliphatic heterocycles. The molecule has 23 heavy (non-hydrogen) atoms. The quantitative estimate of drug-likeness (QED) is 0.684. The van der Waals surface area contributed by atoms with Crippen molar-refractivity contribution in [1.29, 1.82) is 0 Å². The zero-order valence-corrected chi connectivity index (χ0v) is 12.7. The van der Waals surface area contributed by atoms with Crippen LogP contribution in [0.25, 0.3) is 0 Å². The Morgan fingerprint density at radius 2 is 2.09 bits per heavy atom. The third-order valence-electron chi connectivity index (χ3n) is 3.45. The van der Waals surface area contributed by atoms with Gasteiger partial charge in [0.2, 0.25) is 4.77 Å². The Morgan fingerprint density at radius 3 is 2.70 bits per heavy atom. The molecule has 5 nitrogen and oxygen atoms in total. The second-order valence-electron chi connectivity index (χ2n) is 5.06. The Kier molecular flexibility index (Phi) is 4.31. The highest BCUT2D eigenvalue weighted by Gasteiger charge is 2.29. The number of aromatic nitrogens is 3. The molecule has 1 atom stereocenters. The van der Waals surface area contributed by atoms with E-state index in [2.05, 4.69) is 15.3 Å². The van der Waals surface area contributed by atoms with E-state index in [9.17, 15) is 13.2 Å². The third kappa shape index (κ3) is 3.50. The Bertz CT molecular complexity index is 758. The van der Waals surface area contributed by atoms with Gasteiger partial charge in [0.1, 0.15) is 6.10 Å². The molecule has 0 aliphatic carbocycles. The van der Waals surface area contributed by atoms with E-state index in [1.165, 1.54) is 23.0 Å². The predicted octanol–water partition coefficient (Wildman–Crippen LogP) is 3.69. The molecule has 2 aromatic rings. The lowest BCUT2D eigenvalue weighted by Crippen LogP contribution is -2.06. The highest BCUT2D eigenvalue weighted by Crippen LogP contribution is 2.29. The second-order valence-corrected chi connectivity index (χ2v) is 5.45. The van der Waals surface area contributed by atoms with Gasteiger partial charge in [0.25, 0.3) is 0 Å². The molecule has 3 rings (SSSR count). The van der Waals surface area contributed by atoms with Gasteiger partial charge in [0, 0.05) is 6.61 Å². The molecule has 1 fully saturated rings. The predicted molar refractivity (Wildman–Crippen MR) is 79.8 cm³/mol. The van der Waals surface area contributed by atoms with Crippen LogP contribution in [0.4, 0.5) is 13.2 Å². The first kappa shape index (κ1) is 15.9. The standard InChI is InChI=1S/C14H13F3N4OS/c15-14(16,17)10-5-3-9(4-6-10)8-18-21-12(19-20-13(21)23)11-2-1-7-22-11/h3-6,8,11H,1-2,7H2,(H,20,23)/b18-8-/t11-/m1/s1. The summed E-state index contributed by atoms with van der Waals surface area (Å²) in [6, 6.07) is 4.72. The molecule has 0 amide bonds. The average molecular weight is 342 g/mol. The Hall–Kier alpha value is -2.00. The van der Waals surface area contributed by atoms with Crippen molar-refractivity contribution in [2.75, 3.05) is 6.61 Å². The molecule has 1 aromatic carbocycles. The number of halogens is 3. The normalized spacial score (nSPS) is 18.8. The molecule has 1 aliphatic rings. The fourth-order valence-corrected chi connectivity index (χ4v) is 2.47. The van der Waals surface area contributed by atoms with Gasteiger partial charge in [-0.25, -0.2) is 0 Å². The topological polar surface area (TPSA) is 55.2 Å². The Balaban J connectivity index is 1.83. The van der Waals surface area contributed by atoms with Crippen molar-refractivity contribution in [3.63, 3.8) is 0 Å². The molecular formula is C14H13F3N4OS. The van der Waals surface area contributed by atoms with Crippen molar-refractivity contribution in [2.24, 2.45) is 5.10 Å². The highest BCUT2D eigenvalue weighted by atomic mass is 32.1. The lowest BCUT2D eigenvalue weighted by molar-refractivity contribution is -0.137. The Morgan fingerprint density at radius 1 is 1.35 bits per heavy atom. The minimum absolute atomic E-state index is 0.173. The summed E-state index contributed by atoms with van der Waals surface area (Å²) in [7, 11) is 0. The van der Waals surface area contributed by atoms with Crippen molar-refractivity contribution in [2.45, 2.75) is 25.1 Å². The smallest absolute Gasteiger partial charge is 0.370 e. The van der Waals surface area contributed by atoms with Gasteiger partial charge in [-0.1, -0.05) is 12.1 Å². The minimum Gasteiger partial charge on any atom is -0.370 e. The summed E-state index contributed by atoms with van der Waals surface area (Å²) in [5.74, 6) is 0.565. The molecule has 1 saturated heterocycles. The molecule has 0 unspecified atom stereocenters. The molecular weight excluding hydrogens is 329 g/mol. The maximum atomic E-state index is 12.5. The van der Waals surface area contributed by atoms with Crippen LogP contribution in [0.2, 0.25) is 0 Å². The lowest BCUT2D eigenvalue weighted by Gasteiger charge is -2.07. The summed E-state index contributed by atoms with van der Waals surface area (Å²) in [5.41, 5.74) is -0.172. The summed E-state index contributed by atoms with van der Waals surface area (Å²) >= 11 is 5.12. The van der Waals surface area contributed by atoms with Crippen molar-refractivity contribution in [3.8, 4) is 0 Å². The summed E-state index contributed by atoms with van der Waals surface area (Å²) < 4.78 is 44.9. The van der Waals surface area contributed by atoms with Crippen LogP contribution in [0.1, 0.15) is 35.9 Å². The lowest BCUT2D eigenvalue weighted by atomic mass is 10.1. The number of alkyl halides is 3. The van der Waals surface area contributed by atoms with Crippen LogP contribution in [0.15, 0.2) is 29.4 Å². The minimum atomic E-state index is -4.35. The van der Waals surface area contributed by atoms with Gasteiger partial charge in [-0.15, -0.1) is 0 Å². The number of aromatic amines is 1. The van der Waals surface area contributed by atoms with Gasteiger partial charge in [-0.3, -0.25) is 5.10 Å². The van der Waals surface area contributed by atoms with Crippen LogP contribution in [0.5, 0.6) is 0 Å². The van der Waals surface area contributed by atoms with E-state index in [1.54, 1.807) is 0 Å². The fraction of sp³-hybridized carbons (Fsp3) is 0.357. The first-order valence-electron chi connectivity index (χ1n) is 6.96. The van der Waals surface area contributed by atoms with Crippen molar-refractivity contribution in [1.82, 2.24) is 14.9 Å². The van der Waals surface area contributed by atoms with E-state index in [0.717, 1.165) is 25.0 Å². The number of hydrogen-bond donors (Lipinski definition) is 1. The van der Waals surface area contributed by atoms with Crippen molar-refractivity contribution in [3.05, 3.63) is 46.0 Å². The van der Waals surface area contributed by atoms with Crippen LogP contribution in [-0.4, -0.2) is 27.7 Å². The number of H-pyrrole nitrogens is 1. The first-order chi connectivity index (χ1) is 10.9. The van der Waals surface area contributed by atoms with Crippen molar-refractivity contribution >= 4 is 18.4 Å². The molecule has 0 radical (unpaired) electrons. The number of hydrogen-bond acceptors (Lipinski definition) is 4. The van der Waals surface area contributed by atoms with E-state index in [-0.39, 0.29) is 6.10 Å². The summed E-state index contributed by atoms with van der Waals surface area (Å²) in [6.45, 7) is 0.660. The number of ether oxygens (including phenoxy) is 1.